The fourth-order valence-corrected chi connectivity index (χ4v) is 3.90. The van der Waals surface area contributed by atoms with Crippen molar-refractivity contribution in [2.75, 3.05) is 0 Å². The number of nitrogens with zero attached hydrogens (tertiary/aromatic N) is 4. The molecule has 7 nitrogen and oxygen atoms in total. The molecule has 170 valence electrons. The Kier molecular flexibility index (Phi) is 5.82. The number of imidazole rings is 2. The van der Waals surface area contributed by atoms with Gasteiger partial charge in [0.2, 0.25) is 0 Å². The highest BCUT2D eigenvalue weighted by Gasteiger charge is 2.21. The Morgan fingerprint density at radius 2 is 1.82 bits per heavy atom. The number of aromatic nitrogens is 4. The molecule has 0 bridgehead atoms. The van der Waals surface area contributed by atoms with Crippen molar-refractivity contribution in [1.29, 1.82) is 0 Å². The lowest BCUT2D eigenvalue weighted by Gasteiger charge is -2.19. The minimum absolute atomic E-state index is 0.181. The molecule has 34 heavy (non-hydrogen) atoms. The summed E-state index contributed by atoms with van der Waals surface area (Å²) in [7, 11) is 1.92. The molecule has 1 unspecified atom stereocenters. The molecule has 1 N–H and O–H groups in total. The Balaban J connectivity index is 1.27. The number of hydrogen-bond acceptors (Lipinski definition) is 4. The van der Waals surface area contributed by atoms with E-state index in [1.54, 1.807) is 30.5 Å². The van der Waals surface area contributed by atoms with Gasteiger partial charge in [-0.2, -0.15) is 0 Å². The van der Waals surface area contributed by atoms with Crippen LogP contribution in [0.15, 0.2) is 91.5 Å². The second kappa shape index (κ2) is 9.23. The van der Waals surface area contributed by atoms with Gasteiger partial charge in [0, 0.05) is 37.4 Å². The predicted molar refractivity (Wildman–Crippen MR) is 130 cm³/mol. The maximum absolute atomic E-state index is 13.1. The van der Waals surface area contributed by atoms with Crippen LogP contribution in [0.25, 0.3) is 5.65 Å². The molecule has 1 atom stereocenters. The number of carbonyl (C=O) groups excluding carboxylic acids is 1. The summed E-state index contributed by atoms with van der Waals surface area (Å²) in [5.41, 5.74) is 4.41. The van der Waals surface area contributed by atoms with Crippen LogP contribution in [-0.2, 0) is 13.7 Å². The maximum Gasteiger partial charge on any atom is 0.252 e. The summed E-state index contributed by atoms with van der Waals surface area (Å²) < 4.78 is 9.80. The zero-order valence-corrected chi connectivity index (χ0v) is 19.1. The molecule has 0 aliphatic rings. The number of rotatable bonds is 7. The third-order valence-electron chi connectivity index (χ3n) is 5.68. The molecule has 3 heterocycles. The Hall–Kier alpha value is -4.39. The first-order valence-corrected chi connectivity index (χ1v) is 11.1. The Morgan fingerprint density at radius 3 is 2.56 bits per heavy atom. The molecule has 2 aromatic carbocycles. The largest absolute Gasteiger partial charge is 0.487 e. The molecule has 0 saturated carbocycles. The van der Waals surface area contributed by atoms with Crippen molar-refractivity contribution in [3.63, 3.8) is 0 Å². The Morgan fingerprint density at radius 1 is 1.03 bits per heavy atom. The summed E-state index contributed by atoms with van der Waals surface area (Å²) in [5.74, 6) is 1.26. The average molecular weight is 452 g/mol. The van der Waals surface area contributed by atoms with Crippen LogP contribution in [0.2, 0.25) is 0 Å². The molecule has 0 radical (unpaired) electrons. The zero-order chi connectivity index (χ0) is 23.5. The number of benzene rings is 2. The first-order chi connectivity index (χ1) is 16.6. The van der Waals surface area contributed by atoms with Crippen molar-refractivity contribution in [3.05, 3.63) is 120 Å². The highest BCUT2D eigenvalue weighted by atomic mass is 16.5. The molecule has 0 fully saturated rings. The molecular weight excluding hydrogens is 426 g/mol. The molecule has 3 aromatic heterocycles. The van der Waals surface area contributed by atoms with Crippen LogP contribution >= 0.6 is 0 Å². The van der Waals surface area contributed by atoms with Crippen molar-refractivity contribution in [2.24, 2.45) is 7.05 Å². The van der Waals surface area contributed by atoms with E-state index in [4.69, 9.17) is 4.74 Å². The molecule has 5 aromatic rings. The fourth-order valence-electron chi connectivity index (χ4n) is 3.90. The van der Waals surface area contributed by atoms with Crippen molar-refractivity contribution >= 4 is 11.6 Å². The number of ether oxygens (including phenoxy) is 1. The summed E-state index contributed by atoms with van der Waals surface area (Å²) in [5, 5.41) is 3.11. The lowest BCUT2D eigenvalue weighted by atomic mass is 10.1. The van der Waals surface area contributed by atoms with Crippen LogP contribution in [0.1, 0.15) is 39.0 Å². The van der Waals surface area contributed by atoms with Crippen LogP contribution in [0, 0.1) is 6.92 Å². The van der Waals surface area contributed by atoms with Crippen molar-refractivity contribution in [3.8, 4) is 5.75 Å². The van der Waals surface area contributed by atoms with Gasteiger partial charge in [0.1, 0.15) is 29.9 Å². The van der Waals surface area contributed by atoms with E-state index < -0.39 is 0 Å². The summed E-state index contributed by atoms with van der Waals surface area (Å²) in [4.78, 5) is 22.1. The van der Waals surface area contributed by atoms with Gasteiger partial charge in [-0.15, -0.1) is 0 Å². The van der Waals surface area contributed by atoms with Gasteiger partial charge in [-0.05, 0) is 48.4 Å². The molecule has 0 aliphatic heterocycles. The van der Waals surface area contributed by atoms with Gasteiger partial charge < -0.3 is 19.0 Å². The van der Waals surface area contributed by atoms with Crippen LogP contribution in [0.5, 0.6) is 5.75 Å². The molecule has 0 saturated heterocycles. The van der Waals surface area contributed by atoms with Gasteiger partial charge in [-0.25, -0.2) is 9.97 Å². The van der Waals surface area contributed by atoms with E-state index in [2.05, 4.69) is 15.3 Å². The second-order valence-corrected chi connectivity index (χ2v) is 8.23. The standard InChI is InChI=1S/C27H25N5O2/c1-19-8-13-24-29-22(17-32(24)16-19)18-34-23-11-9-21(10-12-23)27(33)30-25(20-6-4-3-5-7-20)26-28-14-15-31(26)2/h3-17,25H,18H2,1-2H3,(H,30,33). The van der Waals surface area contributed by atoms with Gasteiger partial charge in [-0.3, -0.25) is 4.79 Å². The van der Waals surface area contributed by atoms with Crippen LogP contribution in [0.4, 0.5) is 0 Å². The van der Waals surface area contributed by atoms with Crippen LogP contribution in [0.3, 0.4) is 0 Å². The predicted octanol–water partition coefficient (Wildman–Crippen LogP) is 4.47. The number of pyridine rings is 1. The summed E-state index contributed by atoms with van der Waals surface area (Å²) in [6, 6.07) is 20.6. The van der Waals surface area contributed by atoms with Gasteiger partial charge in [-0.1, -0.05) is 36.4 Å². The number of amides is 1. The summed E-state index contributed by atoms with van der Waals surface area (Å²) >= 11 is 0. The van der Waals surface area contributed by atoms with Gasteiger partial charge in [0.05, 0.1) is 5.69 Å². The van der Waals surface area contributed by atoms with E-state index in [9.17, 15) is 4.79 Å². The van der Waals surface area contributed by atoms with Crippen molar-refractivity contribution in [2.45, 2.75) is 19.6 Å². The smallest absolute Gasteiger partial charge is 0.252 e. The number of aryl methyl sites for hydroxylation is 2. The topological polar surface area (TPSA) is 73.4 Å². The summed E-state index contributed by atoms with van der Waals surface area (Å²) in [6.45, 7) is 2.40. The van der Waals surface area contributed by atoms with Gasteiger partial charge in [0.15, 0.2) is 0 Å². The Labute approximate surface area is 197 Å². The molecule has 7 heteroatoms. The highest BCUT2D eigenvalue weighted by Crippen LogP contribution is 2.22. The lowest BCUT2D eigenvalue weighted by molar-refractivity contribution is 0.0941. The van der Waals surface area contributed by atoms with Crippen molar-refractivity contribution < 1.29 is 9.53 Å². The van der Waals surface area contributed by atoms with Crippen LogP contribution in [-0.4, -0.2) is 24.8 Å². The minimum Gasteiger partial charge on any atom is -0.487 e. The quantitative estimate of drug-likeness (QED) is 0.396. The highest BCUT2D eigenvalue weighted by molar-refractivity contribution is 5.94. The van der Waals surface area contributed by atoms with Gasteiger partial charge >= 0.3 is 0 Å². The first-order valence-electron chi connectivity index (χ1n) is 11.1. The SMILES string of the molecule is Cc1ccc2nc(COc3ccc(C(=O)NC(c4ccccc4)c4nccn4C)cc3)cn2c1. The summed E-state index contributed by atoms with van der Waals surface area (Å²) in [6.07, 6.45) is 7.60. The molecule has 0 aliphatic carbocycles. The molecule has 1 amide bonds. The third kappa shape index (κ3) is 4.54. The Bertz CT molecular complexity index is 1420. The normalized spacial score (nSPS) is 11.9. The number of fused-ring (bicyclic) bond motifs is 1. The van der Waals surface area contributed by atoms with E-state index in [0.717, 1.165) is 22.7 Å². The average Bonchev–Trinajstić information content (AvgIpc) is 3.47. The molecule has 5 rings (SSSR count). The maximum atomic E-state index is 13.1. The van der Waals surface area contributed by atoms with Crippen molar-refractivity contribution in [1.82, 2.24) is 24.3 Å². The lowest BCUT2D eigenvalue weighted by Crippen LogP contribution is -2.31. The minimum atomic E-state index is -0.358. The van der Waals surface area contributed by atoms with Gasteiger partial charge in [0.25, 0.3) is 5.91 Å². The molecular formula is C27H25N5O2. The first kappa shape index (κ1) is 21.5. The van der Waals surface area contributed by atoms with E-state index in [0.29, 0.717) is 17.9 Å². The number of nitrogens with one attached hydrogen (secondary N) is 1. The third-order valence-corrected chi connectivity index (χ3v) is 5.68. The van der Waals surface area contributed by atoms with E-state index in [1.165, 1.54) is 5.56 Å². The molecule has 0 spiro atoms. The monoisotopic (exact) mass is 451 g/mol. The zero-order valence-electron chi connectivity index (χ0n) is 19.1. The van der Waals surface area contributed by atoms with Crippen LogP contribution < -0.4 is 10.1 Å². The second-order valence-electron chi connectivity index (χ2n) is 8.23. The number of carbonyl (C=O) groups is 1. The van der Waals surface area contributed by atoms with E-state index in [1.807, 2.05) is 84.0 Å². The number of hydrogen-bond donors (Lipinski definition) is 1. The fraction of sp³-hybridized carbons (Fsp3) is 0.148. The van der Waals surface area contributed by atoms with E-state index in [-0.39, 0.29) is 11.9 Å². The van der Waals surface area contributed by atoms with E-state index >= 15 is 0 Å².